The van der Waals surface area contributed by atoms with Gasteiger partial charge >= 0.3 is 48.9 Å². The first-order chi connectivity index (χ1) is 28.2. The number of carboxylic acid groups (broad SMARTS) is 2. The molecule has 0 aliphatic carbocycles. The summed E-state index contributed by atoms with van der Waals surface area (Å²) in [4.78, 5) is 20.8. The number of rotatable bonds is 38. The number of aliphatic hydroxyl groups excluding tert-OH is 2. The van der Waals surface area contributed by atoms with Gasteiger partial charge in [0.25, 0.3) is 0 Å². The first-order valence-electron chi connectivity index (χ1n) is 23.3. The molecule has 0 bridgehead atoms. The monoisotopic (exact) mass is 949 g/mol. The van der Waals surface area contributed by atoms with E-state index in [-0.39, 0.29) is 86.1 Å². The minimum Gasteiger partial charge on any atom is -0.550 e. The minimum atomic E-state index is -0.984. The molecule has 0 fully saturated rings. The first kappa shape index (κ1) is 57.8. The van der Waals surface area contributed by atoms with E-state index >= 15 is 0 Å². The molecule has 0 amide bonds. The summed E-state index contributed by atoms with van der Waals surface area (Å²) < 4.78 is 12.4. The Morgan fingerprint density at radius 2 is 0.763 bits per heavy atom. The summed E-state index contributed by atoms with van der Waals surface area (Å²) in [6.07, 6.45) is 26.8. The Balaban J connectivity index is 0.00000112. The van der Waals surface area contributed by atoms with Crippen LogP contribution in [0.4, 0.5) is 0 Å². The molecule has 0 aromatic heterocycles. The maximum absolute atomic E-state index is 10.4. The van der Waals surface area contributed by atoms with Gasteiger partial charge in [-0.05, 0) is 101 Å². The number of carboxylic acids is 2. The van der Waals surface area contributed by atoms with Crippen molar-refractivity contribution in [1.82, 2.24) is 0 Å². The number of aliphatic hydroxyl groups is 2. The van der Waals surface area contributed by atoms with E-state index in [1.165, 1.54) is 75.3 Å². The van der Waals surface area contributed by atoms with Crippen LogP contribution in [0.15, 0.2) is 60.7 Å². The summed E-state index contributed by atoms with van der Waals surface area (Å²) in [5, 5.41) is 41.2. The van der Waals surface area contributed by atoms with Crippen LogP contribution in [0.3, 0.4) is 0 Å². The Bertz CT molecular complexity index is 1110. The second-order valence-corrected chi connectivity index (χ2v) is 16.4. The molecule has 0 spiro atoms. The van der Waals surface area contributed by atoms with Gasteiger partial charge in [0, 0.05) is 11.9 Å². The van der Waals surface area contributed by atoms with E-state index in [9.17, 15) is 30.0 Å². The molecular weight excluding hydrogens is 866 g/mol. The molecule has 0 saturated heterocycles. The second kappa shape index (κ2) is 42.1. The van der Waals surface area contributed by atoms with Crippen molar-refractivity contribution >= 4 is 60.8 Å². The molecule has 4 unspecified atom stereocenters. The molecule has 0 saturated carbocycles. The van der Waals surface area contributed by atoms with Crippen LogP contribution >= 0.6 is 0 Å². The van der Waals surface area contributed by atoms with Crippen molar-refractivity contribution in [2.45, 2.75) is 231 Å². The number of carbonyl (C=O) groups excluding carboxylic acids is 2. The average molecular weight is 949 g/mol. The topological polar surface area (TPSA) is 139 Å². The van der Waals surface area contributed by atoms with Crippen LogP contribution in [0.1, 0.15) is 205 Å². The van der Waals surface area contributed by atoms with E-state index in [2.05, 4.69) is 38.1 Å². The number of unbranched alkanes of at least 4 members (excludes halogenated alkanes) is 12. The number of hydrogen-bond donors (Lipinski definition) is 2. The average Bonchev–Trinajstić information content (AvgIpc) is 3.21. The molecule has 8 nitrogen and oxygen atoms in total. The van der Waals surface area contributed by atoms with Crippen molar-refractivity contribution in [1.29, 1.82) is 0 Å². The van der Waals surface area contributed by atoms with Gasteiger partial charge in [-0.3, -0.25) is 0 Å². The fourth-order valence-corrected chi connectivity index (χ4v) is 7.25. The fraction of sp³-hybridized carbons (Fsp3) is 0.720. The summed E-state index contributed by atoms with van der Waals surface area (Å²) in [5.41, 5.74) is 2.42. The molecule has 2 aromatic carbocycles. The molecule has 4 atom stereocenters. The van der Waals surface area contributed by atoms with Gasteiger partial charge in [0.2, 0.25) is 0 Å². The number of aliphatic carboxylic acids is 2. The largest absolute Gasteiger partial charge is 2.00 e. The molecule has 9 heteroatoms. The Labute approximate surface area is 400 Å². The standard InChI is InChI=1S/2C25H42O4.Ba/c2*1-2-3-4-5-11-18-24(29-21-22-14-8-6-9-15-22)19-13-17-23(26)16-10-7-12-20-25(27)28;/h2*6,8-9,14-15,23-24,26H,2-5,7,10-13,16-21H2,1H3,(H,27,28);/q;;+2/p-2. The van der Waals surface area contributed by atoms with Crippen LogP contribution in [0, 0.1) is 0 Å². The SMILES string of the molecule is CCCCCCCC(CCCC(O)CCCCCC(=O)[O-])OCc1ccccc1.CCCCCCCC(CCCC(O)CCCCCC(=O)[O-])OCc1ccccc1.[Ba+2]. The van der Waals surface area contributed by atoms with E-state index < -0.39 is 11.9 Å². The summed E-state index contributed by atoms with van der Waals surface area (Å²) in [5.74, 6) is -1.97. The van der Waals surface area contributed by atoms with E-state index in [4.69, 9.17) is 9.47 Å². The molecular formula is C50H82BaO8. The molecule has 2 rings (SSSR count). The Hall–Kier alpha value is -1.21. The Morgan fingerprint density at radius 3 is 1.12 bits per heavy atom. The maximum atomic E-state index is 10.4. The Morgan fingerprint density at radius 1 is 0.458 bits per heavy atom. The van der Waals surface area contributed by atoms with Crippen molar-refractivity contribution in [2.24, 2.45) is 0 Å². The molecule has 2 aromatic rings. The van der Waals surface area contributed by atoms with Crippen molar-refractivity contribution in [3.8, 4) is 0 Å². The summed E-state index contributed by atoms with van der Waals surface area (Å²) >= 11 is 0. The van der Waals surface area contributed by atoms with Gasteiger partial charge in [-0.25, -0.2) is 0 Å². The van der Waals surface area contributed by atoms with Gasteiger partial charge < -0.3 is 39.5 Å². The number of ether oxygens (including phenoxy) is 2. The van der Waals surface area contributed by atoms with Gasteiger partial charge in [0.1, 0.15) is 0 Å². The third kappa shape index (κ3) is 38.2. The van der Waals surface area contributed by atoms with Crippen molar-refractivity contribution in [3.05, 3.63) is 71.8 Å². The van der Waals surface area contributed by atoms with E-state index in [0.717, 1.165) is 89.9 Å². The molecule has 59 heavy (non-hydrogen) atoms. The smallest absolute Gasteiger partial charge is 0.550 e. The number of carbonyl (C=O) groups is 2. The molecule has 2 N–H and O–H groups in total. The summed E-state index contributed by atoms with van der Waals surface area (Å²) in [6, 6.07) is 20.6. The summed E-state index contributed by atoms with van der Waals surface area (Å²) in [7, 11) is 0. The Kier molecular flexibility index (Phi) is 41.2. The molecule has 0 radical (unpaired) electrons. The summed E-state index contributed by atoms with van der Waals surface area (Å²) in [6.45, 7) is 5.78. The zero-order valence-electron chi connectivity index (χ0n) is 37.3. The minimum absolute atomic E-state index is 0. The molecule has 0 aliphatic heterocycles. The number of benzene rings is 2. The van der Waals surface area contributed by atoms with Crippen molar-refractivity contribution in [3.63, 3.8) is 0 Å². The second-order valence-electron chi connectivity index (χ2n) is 16.4. The van der Waals surface area contributed by atoms with Gasteiger partial charge in [0.05, 0.1) is 37.6 Å². The van der Waals surface area contributed by atoms with E-state index in [1.54, 1.807) is 0 Å². The molecule has 0 aliphatic rings. The normalized spacial score (nSPS) is 13.1. The van der Waals surface area contributed by atoms with Crippen LogP contribution in [-0.4, -0.2) is 95.4 Å². The zero-order chi connectivity index (χ0) is 42.3. The van der Waals surface area contributed by atoms with E-state index in [1.807, 2.05) is 36.4 Å². The quantitative estimate of drug-likeness (QED) is 0.0501. The van der Waals surface area contributed by atoms with Crippen LogP contribution in [0.2, 0.25) is 0 Å². The third-order valence-corrected chi connectivity index (χ3v) is 10.9. The van der Waals surface area contributed by atoms with Gasteiger partial charge in [-0.2, -0.15) is 0 Å². The zero-order valence-corrected chi connectivity index (χ0v) is 41.8. The molecule has 332 valence electrons. The van der Waals surface area contributed by atoms with Gasteiger partial charge in [-0.1, -0.05) is 164 Å². The van der Waals surface area contributed by atoms with Gasteiger partial charge in [0.15, 0.2) is 0 Å². The van der Waals surface area contributed by atoms with Crippen LogP contribution in [-0.2, 0) is 32.3 Å². The maximum Gasteiger partial charge on any atom is 2.00 e. The predicted molar refractivity (Wildman–Crippen MR) is 238 cm³/mol. The fourth-order valence-electron chi connectivity index (χ4n) is 7.25. The third-order valence-electron chi connectivity index (χ3n) is 10.9. The predicted octanol–water partition coefficient (Wildman–Crippen LogP) is 9.95. The van der Waals surface area contributed by atoms with Crippen molar-refractivity contribution in [2.75, 3.05) is 0 Å². The van der Waals surface area contributed by atoms with Gasteiger partial charge in [-0.15, -0.1) is 0 Å². The van der Waals surface area contributed by atoms with Crippen LogP contribution in [0.25, 0.3) is 0 Å². The van der Waals surface area contributed by atoms with Crippen LogP contribution in [0.5, 0.6) is 0 Å². The number of hydrogen-bond acceptors (Lipinski definition) is 8. The van der Waals surface area contributed by atoms with E-state index in [0.29, 0.717) is 26.1 Å². The molecule has 0 heterocycles. The first-order valence-corrected chi connectivity index (χ1v) is 23.3. The van der Waals surface area contributed by atoms with Crippen molar-refractivity contribution < 1.29 is 39.5 Å². The van der Waals surface area contributed by atoms with Crippen LogP contribution < -0.4 is 10.2 Å².